The number of halogens is 3. The molecule has 16 nitrogen and oxygen atoms in total. The smallest absolute Gasteiger partial charge is 0.404 e. The van der Waals surface area contributed by atoms with Crippen LogP contribution in [0.4, 0.5) is 8.78 Å². The number of carbonyl (C=O) groups is 4. The molecule has 4 aromatic heterocycles. The zero-order valence-electron chi connectivity index (χ0n) is 50.1. The zero-order valence-corrected chi connectivity index (χ0v) is 50.9. The minimum Gasteiger partial charge on any atom is -0.478 e. The fourth-order valence-electron chi connectivity index (χ4n) is 10.3. The molecule has 2 aliphatic rings. The first-order chi connectivity index (χ1) is 44.5. The van der Waals surface area contributed by atoms with E-state index in [0.717, 1.165) is 72.9 Å². The topological polar surface area (TPSA) is 206 Å². The number of ether oxygens (including phenoxy) is 4. The molecule has 0 saturated carbocycles. The van der Waals surface area contributed by atoms with Crippen molar-refractivity contribution >= 4 is 35.5 Å². The number of hydrogen-bond acceptors (Lipinski definition) is 8. The normalized spacial score (nSPS) is 13.7. The molecule has 0 saturated heterocycles. The van der Waals surface area contributed by atoms with E-state index in [1.165, 1.54) is 19.1 Å². The second-order valence-corrected chi connectivity index (χ2v) is 22.5. The number of carboxylic acids is 4. The van der Waals surface area contributed by atoms with Crippen LogP contribution in [0.3, 0.4) is 0 Å². The average Bonchev–Trinajstić information content (AvgIpc) is 1.67. The van der Waals surface area contributed by atoms with Crippen molar-refractivity contribution in [3.63, 3.8) is 0 Å². The fraction of sp³-hybridized carbons (Fsp3) is 0.0811. The molecule has 12 aromatic rings. The van der Waals surface area contributed by atoms with Gasteiger partial charge in [-0.15, -0.1) is 0 Å². The number of fused-ring (bicyclic) bond motifs is 2. The summed E-state index contributed by atoms with van der Waals surface area (Å²) >= 11 is 6.10. The van der Waals surface area contributed by atoms with Crippen LogP contribution >= 0.6 is 11.6 Å². The summed E-state index contributed by atoms with van der Waals surface area (Å²) in [6, 6.07) is 55.7. The number of aryl methyl sites for hydroxylation is 1. The van der Waals surface area contributed by atoms with E-state index < -0.39 is 35.7 Å². The molecule has 1 unspecified atom stereocenters. The van der Waals surface area contributed by atoms with Crippen LogP contribution in [0.25, 0.3) is 67.3 Å². The zero-order chi connectivity index (χ0) is 65.7. The number of para-hydroxylation sites is 1. The summed E-state index contributed by atoms with van der Waals surface area (Å²) in [4.78, 5) is 44.2. The third-order valence-electron chi connectivity index (χ3n) is 14.8. The molecule has 0 fully saturated rings. The summed E-state index contributed by atoms with van der Waals surface area (Å²) in [5.74, 6) is -2.58. The molecule has 14 rings (SSSR count). The van der Waals surface area contributed by atoms with E-state index in [9.17, 15) is 28.0 Å². The molecule has 0 aliphatic carbocycles. The van der Waals surface area contributed by atoms with Gasteiger partial charge in [-0.25, -0.2) is 23.6 Å². The lowest BCUT2D eigenvalue weighted by Gasteiger charge is -2.16. The van der Waals surface area contributed by atoms with Gasteiger partial charge >= 0.3 is 29.9 Å². The van der Waals surface area contributed by atoms with Crippen LogP contribution < -0.4 is 18.9 Å². The molecule has 0 amide bonds. The molecule has 0 bridgehead atoms. The number of carboxylic acid groups (broad SMARTS) is 4. The largest absolute Gasteiger partial charge is 0.478 e. The van der Waals surface area contributed by atoms with Crippen molar-refractivity contribution in [1.29, 1.82) is 0 Å². The highest BCUT2D eigenvalue weighted by atomic mass is 35.5. The first-order valence-electron chi connectivity index (χ1n) is 28.8. The monoisotopic (exact) mass is 1270 g/mol. The highest BCUT2D eigenvalue weighted by Crippen LogP contribution is 2.45. The Hall–Kier alpha value is -11.9. The summed E-state index contributed by atoms with van der Waals surface area (Å²) in [5, 5.41) is 36.9. The standard InChI is InChI=1S/C20H17NO4.C19H14FNO4.C18H14ClNO2.C17H12FNO2/c1-20(2)24-17-7-6-16(11-18(17)25-20)21-9-8-15(12-21)13-4-3-5-14(10-13)19(22)23;1-19(20)24-16-7-3-6-15(17(16)25-19)21-9-8-14(11-21)12-4-2-5-13(10-12)18(22)23;1-12-7-16(19)10-17(8-12)20-6-5-15(11-20)13-3-2-4-14(9-13)18(21)22;18-15-5-7-16(8-6-15)19-10-9-14(11-19)12-1-3-13(4-2-12)17(20)21/h3-12H,1-2H3,(H,22,23);2-11H,1H3,(H,22,23);2-11H,1H3,(H,21,22);1-11H,(H,20,21). The Morgan fingerprint density at radius 3 is 1.37 bits per heavy atom. The Kier molecular flexibility index (Phi) is 17.7. The highest BCUT2D eigenvalue weighted by molar-refractivity contribution is 6.30. The van der Waals surface area contributed by atoms with Gasteiger partial charge in [-0.3, -0.25) is 0 Å². The lowest BCUT2D eigenvalue weighted by atomic mass is 10.1. The van der Waals surface area contributed by atoms with Crippen molar-refractivity contribution in [2.75, 3.05) is 0 Å². The van der Waals surface area contributed by atoms with Crippen LogP contribution in [0.5, 0.6) is 23.0 Å². The van der Waals surface area contributed by atoms with Crippen LogP contribution in [0, 0.1) is 12.7 Å². The van der Waals surface area contributed by atoms with E-state index in [1.54, 1.807) is 120 Å². The maximum absolute atomic E-state index is 14.0. The van der Waals surface area contributed by atoms with Crippen LogP contribution in [0.2, 0.25) is 5.02 Å². The summed E-state index contributed by atoms with van der Waals surface area (Å²) < 4.78 is 56.4. The molecular formula is C74H57ClF2N4O12. The SMILES string of the molecule is CC1(C)Oc2ccc(-n3ccc(-c4cccc(C(=O)O)c4)c3)cc2O1.CC1(F)Oc2cccc(-n3ccc(-c4cccc(C(=O)O)c4)c3)c2O1.Cc1cc(Cl)cc(-n2ccc(-c3cccc(C(=O)O)c3)c2)c1.O=C(O)c1ccc(-c2ccn(-c3ccc(F)cc3)c2)cc1. The maximum Gasteiger partial charge on any atom is 0.404 e. The van der Waals surface area contributed by atoms with Gasteiger partial charge in [0.05, 0.1) is 27.9 Å². The summed E-state index contributed by atoms with van der Waals surface area (Å²) in [5.41, 5.74) is 12.7. The second-order valence-electron chi connectivity index (χ2n) is 22.1. The van der Waals surface area contributed by atoms with Crippen LogP contribution in [0.15, 0.2) is 250 Å². The van der Waals surface area contributed by atoms with E-state index in [4.69, 9.17) is 51.0 Å². The number of aromatic nitrogens is 4. The predicted molar refractivity (Wildman–Crippen MR) is 348 cm³/mol. The number of alkyl halides is 1. The van der Waals surface area contributed by atoms with Gasteiger partial charge in [-0.2, -0.15) is 4.39 Å². The lowest BCUT2D eigenvalue weighted by molar-refractivity contribution is -0.173. The van der Waals surface area contributed by atoms with E-state index in [0.29, 0.717) is 28.0 Å². The van der Waals surface area contributed by atoms with Crippen molar-refractivity contribution in [3.8, 4) is 90.3 Å². The van der Waals surface area contributed by atoms with E-state index >= 15 is 0 Å². The first-order valence-corrected chi connectivity index (χ1v) is 29.2. The Morgan fingerprint density at radius 2 is 0.849 bits per heavy atom. The third kappa shape index (κ3) is 14.9. The number of nitrogens with zero attached hydrogens (tertiary/aromatic N) is 4. The van der Waals surface area contributed by atoms with Gasteiger partial charge in [-0.05, 0) is 197 Å². The van der Waals surface area contributed by atoms with Crippen molar-refractivity contribution in [3.05, 3.63) is 288 Å². The molecule has 4 N–H and O–H groups in total. The number of benzene rings is 8. The van der Waals surface area contributed by atoms with Gasteiger partial charge < -0.3 is 57.6 Å². The van der Waals surface area contributed by atoms with Gasteiger partial charge in [0, 0.05) is 98.5 Å². The molecule has 466 valence electrons. The van der Waals surface area contributed by atoms with Crippen LogP contribution in [0.1, 0.15) is 67.8 Å². The van der Waals surface area contributed by atoms with Crippen molar-refractivity contribution in [2.24, 2.45) is 0 Å². The molecule has 2 aliphatic heterocycles. The fourth-order valence-corrected chi connectivity index (χ4v) is 10.6. The Morgan fingerprint density at radius 1 is 0.398 bits per heavy atom. The number of aromatic carboxylic acids is 4. The number of hydrogen-bond donors (Lipinski definition) is 4. The molecule has 93 heavy (non-hydrogen) atoms. The van der Waals surface area contributed by atoms with Gasteiger partial charge in [0.1, 0.15) is 5.82 Å². The van der Waals surface area contributed by atoms with Crippen LogP contribution in [-0.4, -0.2) is 74.4 Å². The highest BCUT2D eigenvalue weighted by Gasteiger charge is 2.38. The second kappa shape index (κ2) is 26.3. The Bertz CT molecular complexity index is 4750. The van der Waals surface area contributed by atoms with Crippen molar-refractivity contribution in [2.45, 2.75) is 39.5 Å². The Labute approximate surface area is 536 Å². The van der Waals surface area contributed by atoms with E-state index in [-0.39, 0.29) is 28.1 Å². The van der Waals surface area contributed by atoms with Gasteiger partial charge in [0.15, 0.2) is 23.0 Å². The minimum atomic E-state index is -2.19. The first kappa shape index (κ1) is 62.7. The van der Waals surface area contributed by atoms with E-state index in [2.05, 4.69) is 0 Å². The molecule has 1 atom stereocenters. The number of rotatable bonds is 12. The summed E-state index contributed by atoms with van der Waals surface area (Å²) in [7, 11) is 0. The molecular weight excluding hydrogens is 1210 g/mol. The maximum atomic E-state index is 14.0. The van der Waals surface area contributed by atoms with Gasteiger partial charge in [0.25, 0.3) is 0 Å². The summed E-state index contributed by atoms with van der Waals surface area (Å²) in [6.07, 6.45) is 15.2. The molecule has 6 heterocycles. The predicted octanol–water partition coefficient (Wildman–Crippen LogP) is 17.4. The van der Waals surface area contributed by atoms with Crippen molar-refractivity contribution in [1.82, 2.24) is 18.3 Å². The average molecular weight is 1270 g/mol. The Balaban J connectivity index is 0.000000127. The molecule has 0 spiro atoms. The quantitative estimate of drug-likeness (QED) is 0.0902. The van der Waals surface area contributed by atoms with E-state index in [1.807, 2.05) is 157 Å². The molecule has 19 heteroatoms. The molecule has 0 radical (unpaired) electrons. The van der Waals surface area contributed by atoms with Crippen LogP contribution in [-0.2, 0) is 0 Å². The molecule has 8 aromatic carbocycles. The van der Waals surface area contributed by atoms with Gasteiger partial charge in [0.2, 0.25) is 5.79 Å². The van der Waals surface area contributed by atoms with Crippen molar-refractivity contribution < 1.29 is 67.3 Å². The minimum absolute atomic E-state index is 0.218. The summed E-state index contributed by atoms with van der Waals surface area (Å²) in [6.45, 7) is 6.94. The third-order valence-corrected chi connectivity index (χ3v) is 15.0. The lowest BCUT2D eigenvalue weighted by Crippen LogP contribution is -2.29. The van der Waals surface area contributed by atoms with Gasteiger partial charge in [-0.1, -0.05) is 66.2 Å².